The molecule has 0 bridgehead atoms. The number of amidine groups is 1. The summed E-state index contributed by atoms with van der Waals surface area (Å²) >= 11 is 0. The lowest BCUT2D eigenvalue weighted by Crippen LogP contribution is -2.64. The topological polar surface area (TPSA) is 116 Å². The summed E-state index contributed by atoms with van der Waals surface area (Å²) in [5.41, 5.74) is 1.47. The van der Waals surface area contributed by atoms with Crippen molar-refractivity contribution in [3.8, 4) is 6.07 Å². The van der Waals surface area contributed by atoms with Gasteiger partial charge in [0.2, 0.25) is 10.0 Å². The molecule has 2 aliphatic rings. The second kappa shape index (κ2) is 7.09. The molecule has 0 aliphatic carbocycles. The Bertz CT molecular complexity index is 989. The van der Waals surface area contributed by atoms with E-state index in [2.05, 4.69) is 33.2 Å². The first-order valence-electron chi connectivity index (χ1n) is 8.42. The number of aromatic nitrogens is 2. The van der Waals surface area contributed by atoms with Crippen molar-refractivity contribution in [1.82, 2.24) is 19.4 Å². The number of sulfonamides is 1. The van der Waals surface area contributed by atoms with E-state index in [1.165, 1.54) is 4.31 Å². The van der Waals surface area contributed by atoms with Crippen molar-refractivity contribution < 1.29 is 8.42 Å². The fourth-order valence-corrected chi connectivity index (χ4v) is 4.49. The van der Waals surface area contributed by atoms with Crippen LogP contribution in [0.15, 0.2) is 40.2 Å². The zero-order chi connectivity index (χ0) is 19.7. The van der Waals surface area contributed by atoms with Crippen molar-refractivity contribution in [2.24, 2.45) is 9.98 Å². The van der Waals surface area contributed by atoms with Crippen LogP contribution in [0.1, 0.15) is 18.9 Å². The molecule has 9 nitrogen and oxygen atoms in total. The number of nitrogens with zero attached hydrogens (tertiary/aromatic N) is 6. The third kappa shape index (κ3) is 3.20. The molecule has 3 rings (SSSR count). The van der Waals surface area contributed by atoms with Gasteiger partial charge in [0, 0.05) is 43.7 Å². The predicted octanol–water partition coefficient (Wildman–Crippen LogP) is 0.714. The van der Waals surface area contributed by atoms with E-state index in [0.717, 1.165) is 11.1 Å². The van der Waals surface area contributed by atoms with E-state index in [1.807, 2.05) is 6.08 Å². The van der Waals surface area contributed by atoms with E-state index < -0.39 is 15.6 Å². The standard InChI is InChI=1S/C17H21N7O2S/c1-4-27(25,26)23-11-17(12-23,6-7-18)24-10-13(9-22-24)15(19-2)14-5-8-21-16(14)20-3/h5,8-10H,2,4,6,11-12H2,1,3H3,(H,20,21)/b15-14-. The first kappa shape index (κ1) is 19.0. The van der Waals surface area contributed by atoms with E-state index in [0.29, 0.717) is 11.5 Å². The summed E-state index contributed by atoms with van der Waals surface area (Å²) in [5.74, 6) is 0.718. The highest BCUT2D eigenvalue weighted by Gasteiger charge is 2.49. The minimum absolute atomic E-state index is 0.0368. The Hall–Kier alpha value is -2.77. The molecule has 0 unspecified atom stereocenters. The molecule has 1 aromatic rings. The Morgan fingerprint density at radius 3 is 2.85 bits per heavy atom. The molecule has 1 N–H and O–H groups in total. The number of aliphatic imine (C=N–C) groups is 2. The first-order chi connectivity index (χ1) is 12.9. The van der Waals surface area contributed by atoms with Crippen molar-refractivity contribution in [3.05, 3.63) is 35.8 Å². The number of nitriles is 1. The van der Waals surface area contributed by atoms with Gasteiger partial charge in [-0.3, -0.25) is 14.7 Å². The second-order valence-corrected chi connectivity index (χ2v) is 8.63. The predicted molar refractivity (Wildman–Crippen MR) is 104 cm³/mol. The van der Waals surface area contributed by atoms with Gasteiger partial charge in [0.1, 0.15) is 11.4 Å². The Labute approximate surface area is 158 Å². The fraction of sp³-hybridized carbons (Fsp3) is 0.412. The Morgan fingerprint density at radius 1 is 1.52 bits per heavy atom. The van der Waals surface area contributed by atoms with Gasteiger partial charge in [-0.25, -0.2) is 8.42 Å². The lowest BCUT2D eigenvalue weighted by Gasteiger charge is -2.47. The quantitative estimate of drug-likeness (QED) is 0.722. The summed E-state index contributed by atoms with van der Waals surface area (Å²) in [7, 11) is -1.61. The molecule has 10 heteroatoms. The molecule has 142 valence electrons. The highest BCUT2D eigenvalue weighted by atomic mass is 32.2. The molecule has 0 aromatic carbocycles. The lowest BCUT2D eigenvalue weighted by molar-refractivity contribution is 0.0718. The highest BCUT2D eigenvalue weighted by Crippen LogP contribution is 2.35. The number of hydrogen-bond acceptors (Lipinski definition) is 6. The summed E-state index contributed by atoms with van der Waals surface area (Å²) in [6.07, 6.45) is 7.22. The maximum Gasteiger partial charge on any atom is 0.213 e. The van der Waals surface area contributed by atoms with Crippen LogP contribution in [0.25, 0.3) is 5.70 Å². The van der Waals surface area contributed by atoms with Crippen LogP contribution in [0, 0.1) is 11.3 Å². The van der Waals surface area contributed by atoms with E-state index in [1.54, 1.807) is 37.2 Å². The molecule has 0 atom stereocenters. The van der Waals surface area contributed by atoms with Crippen molar-refractivity contribution in [2.75, 3.05) is 25.9 Å². The maximum atomic E-state index is 12.1. The molecule has 0 radical (unpaired) electrons. The molecular weight excluding hydrogens is 366 g/mol. The van der Waals surface area contributed by atoms with Gasteiger partial charge in [0.05, 0.1) is 30.1 Å². The minimum atomic E-state index is -3.28. The van der Waals surface area contributed by atoms with Crippen LogP contribution in [0.2, 0.25) is 0 Å². The van der Waals surface area contributed by atoms with Gasteiger partial charge in [-0.1, -0.05) is 0 Å². The fourth-order valence-electron chi connectivity index (χ4n) is 3.25. The lowest BCUT2D eigenvalue weighted by atomic mass is 9.89. The van der Waals surface area contributed by atoms with Gasteiger partial charge in [-0.15, -0.1) is 0 Å². The van der Waals surface area contributed by atoms with E-state index in [-0.39, 0.29) is 25.3 Å². The summed E-state index contributed by atoms with van der Waals surface area (Å²) < 4.78 is 27.2. The third-order valence-corrected chi connectivity index (χ3v) is 6.59. The SMILES string of the molecule is C=N/C(=C1/C=CNC1=NC)c1cnn(C2(CC#N)CN(S(=O)(=O)CC)C2)c1. The summed E-state index contributed by atoms with van der Waals surface area (Å²) in [6, 6.07) is 2.15. The van der Waals surface area contributed by atoms with Gasteiger partial charge in [-0.2, -0.15) is 14.7 Å². The van der Waals surface area contributed by atoms with Crippen LogP contribution in [-0.4, -0.2) is 60.9 Å². The van der Waals surface area contributed by atoms with Crippen molar-refractivity contribution in [1.29, 1.82) is 5.26 Å². The third-order valence-electron chi connectivity index (χ3n) is 4.81. The molecule has 2 aliphatic heterocycles. The average molecular weight is 387 g/mol. The van der Waals surface area contributed by atoms with Crippen LogP contribution >= 0.6 is 0 Å². The van der Waals surface area contributed by atoms with Gasteiger partial charge in [0.25, 0.3) is 0 Å². The summed E-state index contributed by atoms with van der Waals surface area (Å²) in [5, 5.41) is 16.7. The van der Waals surface area contributed by atoms with Gasteiger partial charge >= 0.3 is 0 Å². The van der Waals surface area contributed by atoms with E-state index in [4.69, 9.17) is 0 Å². The van der Waals surface area contributed by atoms with Crippen molar-refractivity contribution >= 4 is 28.3 Å². The van der Waals surface area contributed by atoms with Crippen LogP contribution in [0.4, 0.5) is 0 Å². The van der Waals surface area contributed by atoms with Crippen LogP contribution < -0.4 is 5.32 Å². The highest BCUT2D eigenvalue weighted by molar-refractivity contribution is 7.89. The molecule has 3 heterocycles. The smallest absolute Gasteiger partial charge is 0.213 e. The Balaban J connectivity index is 1.95. The minimum Gasteiger partial charge on any atom is -0.346 e. The van der Waals surface area contributed by atoms with E-state index in [9.17, 15) is 13.7 Å². The van der Waals surface area contributed by atoms with Crippen molar-refractivity contribution in [2.45, 2.75) is 18.9 Å². The molecular formula is C17H21N7O2S. The normalized spacial score (nSPS) is 22.2. The largest absolute Gasteiger partial charge is 0.346 e. The maximum absolute atomic E-state index is 12.1. The van der Waals surface area contributed by atoms with Crippen molar-refractivity contribution in [3.63, 3.8) is 0 Å². The molecule has 1 saturated heterocycles. The van der Waals surface area contributed by atoms with Crippen LogP contribution in [0.5, 0.6) is 0 Å². The van der Waals surface area contributed by atoms with Gasteiger partial charge < -0.3 is 5.32 Å². The number of nitrogens with one attached hydrogen (secondary N) is 1. The van der Waals surface area contributed by atoms with Gasteiger partial charge in [-0.05, 0) is 19.7 Å². The molecule has 0 spiro atoms. The van der Waals surface area contributed by atoms with Crippen LogP contribution in [0.3, 0.4) is 0 Å². The second-order valence-electron chi connectivity index (χ2n) is 6.37. The molecule has 0 saturated carbocycles. The van der Waals surface area contributed by atoms with Gasteiger partial charge in [0.15, 0.2) is 0 Å². The molecule has 0 amide bonds. The number of hydrogen-bond donors (Lipinski definition) is 1. The Morgan fingerprint density at radius 2 is 2.26 bits per heavy atom. The molecule has 1 fully saturated rings. The summed E-state index contributed by atoms with van der Waals surface area (Å²) in [4.78, 5) is 8.30. The Kier molecular flexibility index (Phi) is 4.99. The van der Waals surface area contributed by atoms with Crippen LogP contribution in [-0.2, 0) is 15.6 Å². The zero-order valence-electron chi connectivity index (χ0n) is 15.3. The monoisotopic (exact) mass is 387 g/mol. The molecule has 27 heavy (non-hydrogen) atoms. The molecule has 1 aromatic heterocycles. The first-order valence-corrected chi connectivity index (χ1v) is 10.0. The number of rotatable bonds is 6. The summed E-state index contributed by atoms with van der Waals surface area (Å²) in [6.45, 7) is 5.71. The zero-order valence-corrected chi connectivity index (χ0v) is 16.1. The average Bonchev–Trinajstić information content (AvgIpc) is 3.28. The van der Waals surface area contributed by atoms with E-state index >= 15 is 0 Å².